The number of amides is 2. The molecule has 0 spiro atoms. The van der Waals surface area contributed by atoms with Gasteiger partial charge in [-0.05, 0) is 134 Å². The Morgan fingerprint density at radius 3 is 1.45 bits per heavy atom. The monoisotopic (exact) mass is 1240 g/mol. The van der Waals surface area contributed by atoms with Gasteiger partial charge < -0.3 is 34.9 Å². The first-order valence-electron chi connectivity index (χ1n) is 23.2. The summed E-state index contributed by atoms with van der Waals surface area (Å²) in [5.41, 5.74) is 1.74. The molecule has 0 heterocycles. The van der Waals surface area contributed by atoms with Gasteiger partial charge in [0.2, 0.25) is 0 Å². The minimum absolute atomic E-state index is 0. The molecule has 0 fully saturated rings. The first-order chi connectivity index (χ1) is 36.2. The predicted molar refractivity (Wildman–Crippen MR) is 294 cm³/mol. The molecule has 392 valence electrons. The number of carbonyl (C=O) groups is 2. The van der Waals surface area contributed by atoms with Gasteiger partial charge in [-0.1, -0.05) is 91.3 Å². The van der Waals surface area contributed by atoms with Crippen molar-refractivity contribution >= 4 is 160 Å². The van der Waals surface area contributed by atoms with E-state index in [1.165, 1.54) is 6.07 Å². The molecule has 0 aliphatic heterocycles. The minimum atomic E-state index is -4.81. The van der Waals surface area contributed by atoms with E-state index in [1.807, 2.05) is 13.8 Å². The third-order valence-corrected chi connectivity index (χ3v) is 13.7. The summed E-state index contributed by atoms with van der Waals surface area (Å²) in [7, 11) is -9.36. The zero-order valence-electron chi connectivity index (χ0n) is 41.6. The smallest absolute Gasteiger partial charge is 0.870 e. The number of fused-ring (bicyclic) bond motifs is 2. The molecule has 0 radical (unpaired) electrons. The molecule has 23 heteroatoms. The summed E-state index contributed by atoms with van der Waals surface area (Å²) in [4.78, 5) is 25.2. The number of anilines is 2. The molecular formula is C54H46BaCl2N6O12S2. The van der Waals surface area contributed by atoms with Crippen LogP contribution in [0, 0.1) is 0 Å². The Hall–Kier alpha value is -6.41. The Bertz CT molecular complexity index is 3560. The van der Waals surface area contributed by atoms with Crippen LogP contribution < -0.4 is 25.2 Å². The molecule has 0 atom stereocenters. The van der Waals surface area contributed by atoms with Crippen LogP contribution in [-0.2, 0) is 33.1 Å². The fourth-order valence-corrected chi connectivity index (χ4v) is 9.61. The summed E-state index contributed by atoms with van der Waals surface area (Å²) in [5.74, 6) is -0.994. The number of hydrogen-bond donors (Lipinski definition) is 4. The van der Waals surface area contributed by atoms with Crippen molar-refractivity contribution < 1.29 is 55.2 Å². The zero-order valence-corrected chi connectivity index (χ0v) is 49.2. The zero-order chi connectivity index (χ0) is 54.9. The summed E-state index contributed by atoms with van der Waals surface area (Å²) >= 11 is 12.4. The Balaban J connectivity index is 0.000000246. The van der Waals surface area contributed by atoms with Crippen molar-refractivity contribution in [2.45, 2.75) is 50.3 Å². The maximum absolute atomic E-state index is 13.4. The number of azo groups is 2. The van der Waals surface area contributed by atoms with Crippen LogP contribution in [0.25, 0.3) is 21.5 Å². The molecule has 8 aromatic rings. The number of phenolic OH excluding ortho intramolecular Hbond substituents is 1. The van der Waals surface area contributed by atoms with Crippen LogP contribution >= 0.6 is 23.2 Å². The SMILES string of the molecule is CCOc1ccc(NC(=O)c2cc3ccccc3c(N=Nc3cc(S(=O)(=O)O)cc(Cl)c3CC)c2O)cc1.CCOc1ccc(NC(=O)c2cc3ccccc3c(N=Nc3cc(S(=O)(=O)[O-])cc(Cl)c3CC)c2[O-])cc1.[Ba+2]. The molecule has 0 saturated heterocycles. The Labute approximate surface area is 493 Å². The average molecular weight is 1240 g/mol. The van der Waals surface area contributed by atoms with Crippen molar-refractivity contribution in [1.29, 1.82) is 0 Å². The van der Waals surface area contributed by atoms with E-state index >= 15 is 0 Å². The molecular weight excluding hydrogens is 1200 g/mol. The van der Waals surface area contributed by atoms with Gasteiger partial charge in [-0.2, -0.15) is 23.8 Å². The van der Waals surface area contributed by atoms with Gasteiger partial charge in [0, 0.05) is 37.8 Å². The van der Waals surface area contributed by atoms with Crippen molar-refractivity contribution in [1.82, 2.24) is 0 Å². The van der Waals surface area contributed by atoms with Gasteiger partial charge >= 0.3 is 48.9 Å². The molecule has 0 aromatic heterocycles. The molecule has 2 amide bonds. The average Bonchev–Trinajstić information content (AvgIpc) is 3.40. The molecule has 77 heavy (non-hydrogen) atoms. The first kappa shape index (κ1) is 59.8. The van der Waals surface area contributed by atoms with Crippen LogP contribution in [0.5, 0.6) is 23.0 Å². The number of ether oxygens (including phenoxy) is 2. The van der Waals surface area contributed by atoms with Crippen LogP contribution in [0.4, 0.5) is 34.1 Å². The molecule has 18 nitrogen and oxygen atoms in total. The van der Waals surface area contributed by atoms with E-state index in [4.69, 9.17) is 32.7 Å². The summed E-state index contributed by atoms with van der Waals surface area (Å²) in [5, 5.41) is 48.8. The Morgan fingerprint density at radius 2 is 1.00 bits per heavy atom. The largest absolute Gasteiger partial charge is 2.00 e. The molecule has 0 bridgehead atoms. The van der Waals surface area contributed by atoms with E-state index in [-0.39, 0.29) is 92.8 Å². The second-order valence-corrected chi connectivity index (χ2v) is 19.9. The third-order valence-electron chi connectivity index (χ3n) is 11.4. The number of hydrogen-bond acceptors (Lipinski definition) is 15. The van der Waals surface area contributed by atoms with Gasteiger partial charge in [0.15, 0.2) is 5.75 Å². The van der Waals surface area contributed by atoms with Crippen molar-refractivity contribution in [3.63, 3.8) is 0 Å². The molecule has 8 aromatic carbocycles. The van der Waals surface area contributed by atoms with Gasteiger partial charge in [0.1, 0.15) is 27.3 Å². The number of carbonyl (C=O) groups excluding carboxylic acids is 2. The van der Waals surface area contributed by atoms with Crippen molar-refractivity contribution in [2.24, 2.45) is 20.5 Å². The summed E-state index contributed by atoms with van der Waals surface area (Å²) < 4.78 is 78.4. The number of aromatic hydroxyl groups is 1. The molecule has 4 N–H and O–H groups in total. The molecule has 8 rings (SSSR count). The van der Waals surface area contributed by atoms with Crippen LogP contribution in [0.15, 0.2) is 164 Å². The topological polar surface area (TPSA) is 281 Å². The number of nitrogens with zero attached hydrogens (tertiary/aromatic N) is 4. The van der Waals surface area contributed by atoms with Gasteiger partial charge in [-0.15, -0.1) is 5.11 Å². The van der Waals surface area contributed by atoms with E-state index in [9.17, 15) is 45.7 Å². The van der Waals surface area contributed by atoms with Gasteiger partial charge in [0.05, 0.1) is 45.6 Å². The number of rotatable bonds is 16. The van der Waals surface area contributed by atoms with E-state index in [0.717, 1.165) is 24.3 Å². The number of benzene rings is 8. The first-order valence-corrected chi connectivity index (χ1v) is 26.8. The summed E-state index contributed by atoms with van der Waals surface area (Å²) in [6, 6.07) is 34.7. The molecule has 0 aliphatic rings. The standard InChI is InChI=1S/2C27H24ClN3O6S.Ba/c2*1-3-20-23(28)14-19(38(34,35)36)15-24(20)30-31-25-21-8-6-5-7-16(21)13-22(26(25)32)27(33)29-17-9-11-18(12-10-17)37-4-2;/h2*5-15,32H,3-4H2,1-2H3,(H,29,33)(H,34,35,36);/q;;+2/p-2. The quantitative estimate of drug-likeness (QED) is 0.0399. The summed E-state index contributed by atoms with van der Waals surface area (Å²) in [6.45, 7) is 8.32. The minimum Gasteiger partial charge on any atom is -0.870 e. The second kappa shape index (κ2) is 26.3. The van der Waals surface area contributed by atoms with Crippen LogP contribution in [-0.4, -0.2) is 105 Å². The van der Waals surface area contributed by atoms with Crippen LogP contribution in [0.3, 0.4) is 0 Å². The third kappa shape index (κ3) is 14.6. The van der Waals surface area contributed by atoms with Crippen LogP contribution in [0.1, 0.15) is 59.5 Å². The van der Waals surface area contributed by atoms with E-state index in [0.29, 0.717) is 81.6 Å². The molecule has 0 unspecified atom stereocenters. The van der Waals surface area contributed by atoms with E-state index < -0.39 is 53.3 Å². The Morgan fingerprint density at radius 1 is 0.584 bits per heavy atom. The second-order valence-electron chi connectivity index (χ2n) is 16.3. The van der Waals surface area contributed by atoms with Crippen molar-refractivity contribution in [2.75, 3.05) is 23.8 Å². The van der Waals surface area contributed by atoms with Crippen LogP contribution in [0.2, 0.25) is 10.0 Å². The number of phenols is 1. The van der Waals surface area contributed by atoms with Gasteiger partial charge in [0.25, 0.3) is 21.9 Å². The normalized spacial score (nSPS) is 11.5. The Kier molecular flexibility index (Phi) is 20.4. The fourth-order valence-electron chi connectivity index (χ4n) is 7.74. The summed E-state index contributed by atoms with van der Waals surface area (Å²) in [6.07, 6.45) is 0.762. The van der Waals surface area contributed by atoms with Crippen molar-refractivity contribution in [3.05, 3.63) is 166 Å². The van der Waals surface area contributed by atoms with Gasteiger partial charge in [-0.3, -0.25) is 14.1 Å². The van der Waals surface area contributed by atoms with E-state index in [2.05, 4.69) is 31.1 Å². The maximum Gasteiger partial charge on any atom is 2.00 e. The molecule has 0 saturated carbocycles. The van der Waals surface area contributed by atoms with E-state index in [1.54, 1.807) is 117 Å². The van der Waals surface area contributed by atoms with Gasteiger partial charge in [-0.25, -0.2) is 8.42 Å². The number of halogens is 2. The fraction of sp³-hybridized carbons (Fsp3) is 0.148. The maximum atomic E-state index is 13.4. The molecule has 0 aliphatic carbocycles. The number of nitrogens with one attached hydrogen (secondary N) is 2. The predicted octanol–water partition coefficient (Wildman–Crippen LogP) is 12.8. The van der Waals surface area contributed by atoms with Crippen molar-refractivity contribution in [3.8, 4) is 23.0 Å².